The second-order valence-corrected chi connectivity index (χ2v) is 14.7. The number of likely N-dealkylation sites (N-methyl/N-ethyl adjacent to an activating group) is 2. The van der Waals surface area contributed by atoms with Gasteiger partial charge in [0.25, 0.3) is 5.91 Å². The van der Waals surface area contributed by atoms with Crippen LogP contribution in [0.5, 0.6) is 0 Å². The number of hydrogen-bond donors (Lipinski definition) is 0. The molecule has 1 fully saturated rings. The lowest BCUT2D eigenvalue weighted by molar-refractivity contribution is -0.154. The van der Waals surface area contributed by atoms with Crippen molar-refractivity contribution in [3.8, 4) is 0 Å². The lowest BCUT2D eigenvalue weighted by atomic mass is 10.1. The molecule has 1 aliphatic heterocycles. The van der Waals surface area contributed by atoms with Crippen molar-refractivity contribution in [2.24, 2.45) is 0 Å². The van der Waals surface area contributed by atoms with Crippen molar-refractivity contribution >= 4 is 31.9 Å². The number of thioether (sulfide) groups is 1. The highest BCUT2D eigenvalue weighted by molar-refractivity contribution is 8.00. The first-order valence-corrected chi connectivity index (χ1v) is 13.5. The summed E-state index contributed by atoms with van der Waals surface area (Å²) in [6, 6.07) is 5.12. The standard InChI is InChI=1S/C20H33N3O3SSi/c1-20(2,3)28(6,7)26-14-10-11-15-17(24)23(5)19(18(25)22(15)4)27-16-12-8-9-13-21-16/h8-9,12-13,15,19H,10-11,14H2,1-7H3. The van der Waals surface area contributed by atoms with Crippen LogP contribution >= 0.6 is 11.8 Å². The molecule has 0 saturated carbocycles. The molecule has 1 aromatic rings. The third kappa shape index (κ3) is 5.15. The average molecular weight is 424 g/mol. The zero-order valence-corrected chi connectivity index (χ0v) is 19.9. The van der Waals surface area contributed by atoms with Crippen LogP contribution in [-0.2, 0) is 14.0 Å². The van der Waals surface area contributed by atoms with Crippen LogP contribution < -0.4 is 0 Å². The Morgan fingerprint density at radius 2 is 1.82 bits per heavy atom. The Labute approximate surface area is 174 Å². The van der Waals surface area contributed by atoms with E-state index in [0.29, 0.717) is 13.0 Å². The quantitative estimate of drug-likeness (QED) is 0.495. The van der Waals surface area contributed by atoms with Crippen molar-refractivity contribution in [3.63, 3.8) is 0 Å². The van der Waals surface area contributed by atoms with Gasteiger partial charge in [0.2, 0.25) is 5.91 Å². The van der Waals surface area contributed by atoms with Gasteiger partial charge in [0.1, 0.15) is 6.04 Å². The molecule has 2 amide bonds. The van der Waals surface area contributed by atoms with E-state index < -0.39 is 19.7 Å². The van der Waals surface area contributed by atoms with Gasteiger partial charge in [-0.1, -0.05) is 38.6 Å². The predicted octanol–water partition coefficient (Wildman–Crippen LogP) is 3.60. The minimum atomic E-state index is -1.79. The second kappa shape index (κ2) is 8.96. The largest absolute Gasteiger partial charge is 0.417 e. The van der Waals surface area contributed by atoms with Crippen LogP contribution in [0.25, 0.3) is 0 Å². The summed E-state index contributed by atoms with van der Waals surface area (Å²) in [6.45, 7) is 11.7. The van der Waals surface area contributed by atoms with Gasteiger partial charge in [-0.05, 0) is 43.1 Å². The van der Waals surface area contributed by atoms with Crippen molar-refractivity contribution in [2.45, 2.75) is 68.2 Å². The summed E-state index contributed by atoms with van der Waals surface area (Å²) in [5, 5.41) is 0.318. The maximum absolute atomic E-state index is 12.9. The Bertz CT molecular complexity index is 694. The molecule has 0 radical (unpaired) electrons. The molecule has 2 rings (SSSR count). The molecule has 2 atom stereocenters. The number of piperazine rings is 1. The summed E-state index contributed by atoms with van der Waals surface area (Å²) in [7, 11) is 1.63. The van der Waals surface area contributed by atoms with Crippen LogP contribution in [0, 0.1) is 0 Å². The zero-order valence-electron chi connectivity index (χ0n) is 18.1. The minimum absolute atomic E-state index is 0.0251. The fourth-order valence-corrected chi connectivity index (χ4v) is 4.93. The van der Waals surface area contributed by atoms with E-state index in [1.807, 2.05) is 18.2 Å². The SMILES string of the molecule is CN1C(=O)C(Sc2ccccn2)N(C)C(=O)C1CCCO[Si](C)(C)C(C)(C)C. The molecule has 6 nitrogen and oxygen atoms in total. The minimum Gasteiger partial charge on any atom is -0.417 e. The highest BCUT2D eigenvalue weighted by Crippen LogP contribution is 2.36. The highest BCUT2D eigenvalue weighted by Gasteiger charge is 2.43. The molecule has 156 valence electrons. The third-order valence-electron chi connectivity index (χ3n) is 5.77. The smallest absolute Gasteiger partial charge is 0.256 e. The van der Waals surface area contributed by atoms with Gasteiger partial charge in [-0.2, -0.15) is 0 Å². The van der Waals surface area contributed by atoms with Gasteiger partial charge in [0, 0.05) is 26.9 Å². The van der Waals surface area contributed by atoms with E-state index >= 15 is 0 Å². The fourth-order valence-electron chi connectivity index (χ4n) is 2.81. The first-order valence-electron chi connectivity index (χ1n) is 9.70. The summed E-state index contributed by atoms with van der Waals surface area (Å²) >= 11 is 1.31. The molecule has 0 aromatic carbocycles. The van der Waals surface area contributed by atoms with Crippen LogP contribution in [0.3, 0.4) is 0 Å². The van der Waals surface area contributed by atoms with E-state index in [4.69, 9.17) is 4.43 Å². The summed E-state index contributed by atoms with van der Waals surface area (Å²) in [6.07, 6.45) is 3.06. The molecule has 0 aliphatic carbocycles. The van der Waals surface area contributed by atoms with Crippen molar-refractivity contribution in [3.05, 3.63) is 24.4 Å². The Balaban J connectivity index is 1.95. The van der Waals surface area contributed by atoms with Crippen LogP contribution in [-0.4, -0.2) is 67.0 Å². The van der Waals surface area contributed by atoms with Crippen molar-refractivity contribution < 1.29 is 14.0 Å². The molecule has 0 spiro atoms. The third-order valence-corrected chi connectivity index (χ3v) is 11.5. The van der Waals surface area contributed by atoms with Crippen LogP contribution in [0.15, 0.2) is 29.4 Å². The molecule has 0 bridgehead atoms. The lowest BCUT2D eigenvalue weighted by Gasteiger charge is -2.41. The van der Waals surface area contributed by atoms with Gasteiger partial charge in [-0.3, -0.25) is 9.59 Å². The van der Waals surface area contributed by atoms with Crippen LogP contribution in [0.1, 0.15) is 33.6 Å². The van der Waals surface area contributed by atoms with Crippen molar-refractivity contribution in [1.82, 2.24) is 14.8 Å². The Morgan fingerprint density at radius 1 is 1.14 bits per heavy atom. The van der Waals surface area contributed by atoms with Crippen LogP contribution in [0.4, 0.5) is 0 Å². The van der Waals surface area contributed by atoms with E-state index in [0.717, 1.165) is 11.4 Å². The summed E-state index contributed by atoms with van der Waals surface area (Å²) in [4.78, 5) is 33.2. The van der Waals surface area contributed by atoms with E-state index in [-0.39, 0.29) is 16.9 Å². The topological polar surface area (TPSA) is 62.7 Å². The van der Waals surface area contributed by atoms with Crippen LogP contribution in [0.2, 0.25) is 18.1 Å². The van der Waals surface area contributed by atoms with Gasteiger partial charge in [-0.15, -0.1) is 0 Å². The van der Waals surface area contributed by atoms with E-state index in [1.54, 1.807) is 30.1 Å². The first-order chi connectivity index (χ1) is 13.0. The van der Waals surface area contributed by atoms with Gasteiger partial charge < -0.3 is 14.2 Å². The number of aromatic nitrogens is 1. The molecule has 1 aromatic heterocycles. The number of hydrogen-bond acceptors (Lipinski definition) is 5. The molecule has 2 unspecified atom stereocenters. The van der Waals surface area contributed by atoms with Gasteiger partial charge in [0.05, 0.1) is 5.03 Å². The van der Waals surface area contributed by atoms with Crippen molar-refractivity contribution in [2.75, 3.05) is 20.7 Å². The van der Waals surface area contributed by atoms with E-state index in [2.05, 4.69) is 38.8 Å². The molecular formula is C20H33N3O3SSi. The Hall–Kier alpha value is -1.38. The number of nitrogens with zero attached hydrogens (tertiary/aromatic N) is 3. The summed E-state index contributed by atoms with van der Waals surface area (Å²) in [5.74, 6) is -0.0871. The molecule has 2 heterocycles. The van der Waals surface area contributed by atoms with Gasteiger partial charge in [-0.25, -0.2) is 4.98 Å². The molecule has 28 heavy (non-hydrogen) atoms. The molecule has 1 saturated heterocycles. The molecular weight excluding hydrogens is 390 g/mol. The molecule has 1 aliphatic rings. The first kappa shape index (κ1) is 22.9. The maximum atomic E-state index is 12.9. The average Bonchev–Trinajstić information content (AvgIpc) is 2.63. The molecule has 8 heteroatoms. The van der Waals surface area contributed by atoms with Gasteiger partial charge in [0.15, 0.2) is 13.7 Å². The number of carbonyl (C=O) groups excluding carboxylic acids is 2. The normalized spacial score (nSPS) is 21.4. The number of pyridine rings is 1. The fraction of sp³-hybridized carbons (Fsp3) is 0.650. The predicted molar refractivity (Wildman–Crippen MR) is 116 cm³/mol. The van der Waals surface area contributed by atoms with E-state index in [1.165, 1.54) is 11.8 Å². The monoisotopic (exact) mass is 423 g/mol. The Kier molecular flexibility index (Phi) is 7.33. The summed E-state index contributed by atoms with van der Waals surface area (Å²) in [5.41, 5.74) is 0. The molecule has 0 N–H and O–H groups in total. The maximum Gasteiger partial charge on any atom is 0.256 e. The summed E-state index contributed by atoms with van der Waals surface area (Å²) < 4.78 is 6.21. The van der Waals surface area contributed by atoms with Crippen molar-refractivity contribution in [1.29, 1.82) is 0 Å². The number of amides is 2. The number of rotatable bonds is 7. The van der Waals surface area contributed by atoms with E-state index in [9.17, 15) is 9.59 Å². The Morgan fingerprint density at radius 3 is 2.39 bits per heavy atom. The number of carbonyl (C=O) groups is 2. The lowest BCUT2D eigenvalue weighted by Crippen LogP contribution is -2.61. The van der Waals surface area contributed by atoms with Gasteiger partial charge >= 0.3 is 0 Å². The second-order valence-electron chi connectivity index (χ2n) is 8.80. The zero-order chi connectivity index (χ0) is 21.1. The highest BCUT2D eigenvalue weighted by atomic mass is 32.2.